The van der Waals surface area contributed by atoms with Gasteiger partial charge in [0, 0.05) is 13.1 Å². The number of benzene rings is 2. The number of carbonyl (C=O) groups is 2. The van der Waals surface area contributed by atoms with E-state index in [1.807, 2.05) is 0 Å². The first-order valence-corrected chi connectivity index (χ1v) is 12.2. The summed E-state index contributed by atoms with van der Waals surface area (Å²) in [4.78, 5) is 40.1. The molecule has 196 valence electrons. The average Bonchev–Trinajstić information content (AvgIpc) is 2.80. The summed E-state index contributed by atoms with van der Waals surface area (Å²) in [5.74, 6) is -1.98. The molecule has 1 atom stereocenters. The van der Waals surface area contributed by atoms with Crippen LogP contribution in [0.5, 0.6) is 5.75 Å². The van der Waals surface area contributed by atoms with Crippen LogP contribution >= 0.6 is 0 Å². The molecule has 0 aromatic heterocycles. The zero-order chi connectivity index (χ0) is 27.1. The van der Waals surface area contributed by atoms with E-state index in [0.717, 1.165) is 23.3 Å². The predicted octanol–water partition coefficient (Wildman–Crippen LogP) is 2.57. The van der Waals surface area contributed by atoms with Gasteiger partial charge in [0.05, 0.1) is 24.5 Å². The third-order valence-electron chi connectivity index (χ3n) is 4.64. The molecule has 1 unspecified atom stereocenters. The van der Waals surface area contributed by atoms with E-state index < -0.39 is 55.5 Å². The highest BCUT2D eigenvalue weighted by molar-refractivity contribution is 7.89. The van der Waals surface area contributed by atoms with E-state index in [4.69, 9.17) is 14.3 Å². The summed E-state index contributed by atoms with van der Waals surface area (Å²) < 4.78 is 39.6. The van der Waals surface area contributed by atoms with Crippen molar-refractivity contribution in [2.75, 3.05) is 14.2 Å². The monoisotopic (exact) mass is 523 g/mol. The van der Waals surface area contributed by atoms with Crippen molar-refractivity contribution < 1.29 is 37.2 Å². The number of hydroxylamine groups is 2. The molecule has 0 spiro atoms. The van der Waals surface area contributed by atoms with Crippen LogP contribution in [0, 0.1) is 10.1 Å². The molecule has 0 aliphatic carbocycles. The van der Waals surface area contributed by atoms with E-state index in [1.165, 1.54) is 14.2 Å². The lowest BCUT2D eigenvalue weighted by molar-refractivity contribution is -0.385. The van der Waals surface area contributed by atoms with Crippen molar-refractivity contribution in [3.63, 3.8) is 0 Å². The third kappa shape index (κ3) is 8.29. The fourth-order valence-electron chi connectivity index (χ4n) is 2.97. The number of hydrogen-bond acceptors (Lipinski definition) is 9. The van der Waals surface area contributed by atoms with Gasteiger partial charge in [-0.25, -0.2) is 13.5 Å². The lowest BCUT2D eigenvalue weighted by Gasteiger charge is -2.25. The molecule has 0 radical (unpaired) electrons. The Hall–Kier alpha value is -3.55. The van der Waals surface area contributed by atoms with Gasteiger partial charge in [-0.2, -0.15) is 4.72 Å². The number of carbonyl (C=O) groups excluding carboxylic acids is 2. The molecule has 12 nitrogen and oxygen atoms in total. The van der Waals surface area contributed by atoms with Gasteiger partial charge in [0.1, 0.15) is 28.9 Å². The first-order valence-electron chi connectivity index (χ1n) is 10.7. The molecule has 2 rings (SSSR count). The molecule has 36 heavy (non-hydrogen) atoms. The van der Waals surface area contributed by atoms with Crippen molar-refractivity contribution in [2.45, 2.75) is 50.3 Å². The number of ether oxygens (including phenoxy) is 2. The molecule has 0 saturated carbocycles. The van der Waals surface area contributed by atoms with E-state index >= 15 is 0 Å². The van der Waals surface area contributed by atoms with Crippen LogP contribution in [-0.2, 0) is 35.8 Å². The van der Waals surface area contributed by atoms with E-state index in [1.54, 1.807) is 51.1 Å². The van der Waals surface area contributed by atoms with Crippen molar-refractivity contribution in [1.82, 2.24) is 9.79 Å². The molecular formula is C23H29N3O9S. The number of likely N-dealkylation sites (N-methyl/N-ethyl adjacent to an activating group) is 1. The van der Waals surface area contributed by atoms with Crippen LogP contribution in [0.1, 0.15) is 32.8 Å². The normalized spacial score (nSPS) is 12.5. The number of sulfonamides is 1. The van der Waals surface area contributed by atoms with Crippen LogP contribution < -0.4 is 9.46 Å². The van der Waals surface area contributed by atoms with Crippen molar-refractivity contribution >= 4 is 27.6 Å². The van der Waals surface area contributed by atoms with Gasteiger partial charge in [-0.3, -0.25) is 24.5 Å². The Balaban J connectivity index is 2.41. The van der Waals surface area contributed by atoms with Gasteiger partial charge in [0.15, 0.2) is 0 Å². The molecule has 13 heteroatoms. The van der Waals surface area contributed by atoms with Crippen molar-refractivity contribution in [3.05, 3.63) is 64.2 Å². The number of nitrogens with one attached hydrogen (secondary N) is 1. The number of nitrogens with zero attached hydrogens (tertiary/aromatic N) is 2. The fourth-order valence-corrected chi connectivity index (χ4v) is 4.29. The number of esters is 1. The molecule has 0 aliphatic rings. The van der Waals surface area contributed by atoms with Crippen LogP contribution in [0.3, 0.4) is 0 Å². The molecule has 1 N–H and O–H groups in total. The van der Waals surface area contributed by atoms with Gasteiger partial charge in [-0.05, 0) is 32.4 Å². The summed E-state index contributed by atoms with van der Waals surface area (Å²) in [7, 11) is -2.08. The summed E-state index contributed by atoms with van der Waals surface area (Å²) in [6.45, 7) is 4.80. The quantitative estimate of drug-likeness (QED) is 0.266. The van der Waals surface area contributed by atoms with Gasteiger partial charge in [-0.1, -0.05) is 30.3 Å². The predicted molar refractivity (Wildman–Crippen MR) is 128 cm³/mol. The Labute approximate surface area is 209 Å². The van der Waals surface area contributed by atoms with E-state index in [2.05, 4.69) is 4.72 Å². The topological polar surface area (TPSA) is 154 Å². The maximum Gasteiger partial charge on any atom is 0.308 e. The lowest BCUT2D eigenvalue weighted by Crippen LogP contribution is -2.48. The molecule has 0 saturated heterocycles. The number of hydrogen-bond donors (Lipinski definition) is 1. The molecule has 0 heterocycles. The van der Waals surface area contributed by atoms with Crippen LogP contribution in [0.4, 0.5) is 5.69 Å². The van der Waals surface area contributed by atoms with Crippen molar-refractivity contribution in [1.29, 1.82) is 0 Å². The molecule has 0 fully saturated rings. The molecule has 2 aromatic rings. The van der Waals surface area contributed by atoms with E-state index in [-0.39, 0.29) is 12.4 Å². The number of nitro groups is 1. The lowest BCUT2D eigenvalue weighted by atomic mass is 10.1. The first-order chi connectivity index (χ1) is 16.7. The minimum absolute atomic E-state index is 0.0722. The second-order valence-corrected chi connectivity index (χ2v) is 10.3. The zero-order valence-electron chi connectivity index (χ0n) is 20.6. The maximum atomic E-state index is 13.3. The third-order valence-corrected chi connectivity index (χ3v) is 6.15. The Morgan fingerprint density at radius 3 is 2.33 bits per heavy atom. The molecule has 0 aliphatic heterocycles. The number of non-ortho nitro benzene ring substituents is 1. The SMILES string of the molecule is CON(C)C(=O)C(CC(=O)OC(C)(C)C)NS(=O)(=O)c1ccc([N+](=O)[O-])cc1OCc1ccccc1. The molecular weight excluding hydrogens is 494 g/mol. The Kier molecular flexibility index (Phi) is 9.50. The highest BCUT2D eigenvalue weighted by atomic mass is 32.2. The van der Waals surface area contributed by atoms with Gasteiger partial charge in [0.2, 0.25) is 10.0 Å². The second-order valence-electron chi connectivity index (χ2n) is 8.65. The summed E-state index contributed by atoms with van der Waals surface area (Å²) in [6, 6.07) is 10.1. The fraction of sp³-hybridized carbons (Fsp3) is 0.391. The summed E-state index contributed by atoms with van der Waals surface area (Å²) in [5, 5.41) is 12.0. The largest absolute Gasteiger partial charge is 0.487 e. The summed E-state index contributed by atoms with van der Waals surface area (Å²) in [5.41, 5.74) is -0.564. The summed E-state index contributed by atoms with van der Waals surface area (Å²) >= 11 is 0. The smallest absolute Gasteiger partial charge is 0.308 e. The number of nitro benzene ring substituents is 1. The van der Waals surface area contributed by atoms with Crippen LogP contribution in [0.25, 0.3) is 0 Å². The Bertz CT molecular complexity index is 1200. The Morgan fingerprint density at radius 1 is 1.14 bits per heavy atom. The van der Waals surface area contributed by atoms with Crippen molar-refractivity contribution in [2.24, 2.45) is 0 Å². The van der Waals surface area contributed by atoms with Gasteiger partial charge in [0.25, 0.3) is 11.6 Å². The molecule has 1 amide bonds. The minimum atomic E-state index is -4.52. The number of amides is 1. The van der Waals surface area contributed by atoms with Crippen molar-refractivity contribution in [3.8, 4) is 5.75 Å². The second kappa shape index (κ2) is 11.9. The number of rotatable bonds is 11. The highest BCUT2D eigenvalue weighted by Gasteiger charge is 2.34. The molecule has 0 bridgehead atoms. The first kappa shape index (κ1) is 28.7. The van der Waals surface area contributed by atoms with Crippen LogP contribution in [0.2, 0.25) is 0 Å². The standard InChI is InChI=1S/C23H29N3O9S/c1-23(2,3)35-21(27)14-18(22(28)25(4)33-5)24-36(31,32)20-12-11-17(26(29)30)13-19(20)34-15-16-9-7-6-8-10-16/h6-13,18,24H,14-15H2,1-5H3. The zero-order valence-corrected chi connectivity index (χ0v) is 21.4. The van der Waals surface area contributed by atoms with Crippen LogP contribution in [-0.4, -0.2) is 56.1 Å². The Morgan fingerprint density at radius 2 is 1.78 bits per heavy atom. The highest BCUT2D eigenvalue weighted by Crippen LogP contribution is 2.30. The van der Waals surface area contributed by atoms with Crippen LogP contribution in [0.15, 0.2) is 53.4 Å². The van der Waals surface area contributed by atoms with Gasteiger partial charge >= 0.3 is 5.97 Å². The van der Waals surface area contributed by atoms with Gasteiger partial charge < -0.3 is 9.47 Å². The maximum absolute atomic E-state index is 13.3. The average molecular weight is 524 g/mol. The molecule has 2 aromatic carbocycles. The van der Waals surface area contributed by atoms with E-state index in [9.17, 15) is 28.1 Å². The minimum Gasteiger partial charge on any atom is -0.487 e. The van der Waals surface area contributed by atoms with Gasteiger partial charge in [-0.15, -0.1) is 0 Å². The summed E-state index contributed by atoms with van der Waals surface area (Å²) in [6.07, 6.45) is -0.629. The van der Waals surface area contributed by atoms with E-state index in [0.29, 0.717) is 5.56 Å².